The van der Waals surface area contributed by atoms with E-state index in [-0.39, 0.29) is 16.9 Å². The van der Waals surface area contributed by atoms with Crippen LogP contribution in [0.4, 0.5) is 11.4 Å². The summed E-state index contributed by atoms with van der Waals surface area (Å²) in [6, 6.07) is 18.3. The molecule has 0 saturated carbocycles. The third-order valence-electron chi connectivity index (χ3n) is 4.10. The Morgan fingerprint density at radius 2 is 2.03 bits per heavy atom. The van der Waals surface area contributed by atoms with Crippen LogP contribution in [0.15, 0.2) is 70.7 Å². The zero-order valence-electron chi connectivity index (χ0n) is 15.2. The Kier molecular flexibility index (Phi) is 5.07. The van der Waals surface area contributed by atoms with Crippen LogP contribution in [-0.2, 0) is 4.79 Å². The highest BCUT2D eigenvalue weighted by Gasteiger charge is 2.14. The molecule has 0 aliphatic heterocycles. The van der Waals surface area contributed by atoms with Gasteiger partial charge in [0.05, 0.1) is 15.1 Å². The van der Waals surface area contributed by atoms with Gasteiger partial charge in [0, 0.05) is 23.9 Å². The van der Waals surface area contributed by atoms with Crippen molar-refractivity contribution in [3.05, 3.63) is 82.1 Å². The lowest BCUT2D eigenvalue weighted by molar-refractivity contribution is -0.384. The lowest BCUT2D eigenvalue weighted by Gasteiger charge is -2.03. The number of amides is 1. The van der Waals surface area contributed by atoms with Gasteiger partial charge in [-0.1, -0.05) is 18.2 Å². The highest BCUT2D eigenvalue weighted by Crippen LogP contribution is 2.31. The molecule has 0 aliphatic carbocycles. The molecule has 0 spiro atoms. The van der Waals surface area contributed by atoms with Gasteiger partial charge < -0.3 is 9.73 Å². The van der Waals surface area contributed by atoms with Crippen LogP contribution >= 0.6 is 11.3 Å². The Hall–Kier alpha value is -4.29. The topological polar surface area (TPSA) is 122 Å². The molecule has 0 radical (unpaired) electrons. The second-order valence-corrected chi connectivity index (χ2v) is 7.15. The lowest BCUT2D eigenvalue weighted by atomic mass is 10.2. The first-order valence-electron chi connectivity index (χ1n) is 8.67. The van der Waals surface area contributed by atoms with Gasteiger partial charge in [0.25, 0.3) is 11.6 Å². The monoisotopic (exact) mass is 416 g/mol. The van der Waals surface area contributed by atoms with Crippen LogP contribution in [0, 0.1) is 21.4 Å². The van der Waals surface area contributed by atoms with E-state index in [9.17, 15) is 20.2 Å². The number of non-ortho nitro benzene ring substituents is 1. The number of nitro groups is 1. The number of furan rings is 1. The number of carbonyl (C=O) groups is 1. The SMILES string of the molecule is N#C/C(=C\c1ccc(-c2nc3ccccc3s2)o1)C(=O)Nc1cccc([N+](=O)[O-])c1. The van der Waals surface area contributed by atoms with Crippen LogP contribution < -0.4 is 5.32 Å². The summed E-state index contributed by atoms with van der Waals surface area (Å²) >= 11 is 1.48. The Balaban J connectivity index is 1.55. The van der Waals surface area contributed by atoms with Crippen molar-refractivity contribution in [1.29, 1.82) is 5.26 Å². The Bertz CT molecular complexity index is 1310. The second-order valence-electron chi connectivity index (χ2n) is 6.12. The molecule has 4 aromatic rings. The fourth-order valence-electron chi connectivity index (χ4n) is 2.71. The number of rotatable bonds is 5. The lowest BCUT2D eigenvalue weighted by Crippen LogP contribution is -2.13. The van der Waals surface area contributed by atoms with E-state index in [1.807, 2.05) is 30.3 Å². The number of nitrogens with one attached hydrogen (secondary N) is 1. The summed E-state index contributed by atoms with van der Waals surface area (Å²) in [4.78, 5) is 27.2. The maximum Gasteiger partial charge on any atom is 0.271 e. The summed E-state index contributed by atoms with van der Waals surface area (Å²) in [7, 11) is 0. The van der Waals surface area contributed by atoms with E-state index in [1.165, 1.54) is 41.7 Å². The van der Waals surface area contributed by atoms with Gasteiger partial charge in [-0.15, -0.1) is 11.3 Å². The number of nitrogens with zero attached hydrogens (tertiary/aromatic N) is 3. The molecule has 0 aliphatic rings. The fourth-order valence-corrected chi connectivity index (χ4v) is 3.64. The molecule has 2 aromatic heterocycles. The second kappa shape index (κ2) is 7.98. The van der Waals surface area contributed by atoms with Gasteiger partial charge in [-0.05, 0) is 30.3 Å². The number of carbonyl (C=O) groups excluding carboxylic acids is 1. The fraction of sp³-hybridized carbons (Fsp3) is 0. The maximum absolute atomic E-state index is 12.4. The summed E-state index contributed by atoms with van der Waals surface area (Å²) in [5.74, 6) is 0.143. The van der Waals surface area contributed by atoms with E-state index >= 15 is 0 Å². The van der Waals surface area contributed by atoms with Crippen molar-refractivity contribution >= 4 is 44.9 Å². The van der Waals surface area contributed by atoms with Crippen LogP contribution in [0.1, 0.15) is 5.76 Å². The van der Waals surface area contributed by atoms with E-state index in [4.69, 9.17) is 4.42 Å². The largest absolute Gasteiger partial charge is 0.454 e. The number of anilines is 1. The van der Waals surface area contributed by atoms with Gasteiger partial charge in [0.1, 0.15) is 17.4 Å². The first kappa shape index (κ1) is 19.0. The van der Waals surface area contributed by atoms with Crippen LogP contribution in [0.5, 0.6) is 0 Å². The number of nitro benzene ring substituents is 1. The molecule has 2 heterocycles. The minimum absolute atomic E-state index is 0.165. The smallest absolute Gasteiger partial charge is 0.271 e. The van der Waals surface area contributed by atoms with E-state index in [1.54, 1.807) is 12.1 Å². The molecular weight excluding hydrogens is 404 g/mol. The minimum atomic E-state index is -0.698. The normalized spacial score (nSPS) is 11.2. The summed E-state index contributed by atoms with van der Waals surface area (Å²) < 4.78 is 6.76. The summed E-state index contributed by atoms with van der Waals surface area (Å²) in [5, 5.41) is 23.4. The minimum Gasteiger partial charge on any atom is -0.454 e. The highest BCUT2D eigenvalue weighted by atomic mass is 32.1. The number of para-hydroxylation sites is 1. The van der Waals surface area contributed by atoms with Crippen molar-refractivity contribution < 1.29 is 14.1 Å². The Morgan fingerprint density at radius 3 is 2.80 bits per heavy atom. The molecule has 1 amide bonds. The average Bonchev–Trinajstić information content (AvgIpc) is 3.38. The quantitative estimate of drug-likeness (QED) is 0.211. The summed E-state index contributed by atoms with van der Waals surface area (Å²) in [6.07, 6.45) is 1.31. The molecule has 8 nitrogen and oxygen atoms in total. The number of benzene rings is 2. The van der Waals surface area contributed by atoms with E-state index in [0.29, 0.717) is 16.5 Å². The predicted molar refractivity (Wildman–Crippen MR) is 113 cm³/mol. The third kappa shape index (κ3) is 3.94. The Morgan fingerprint density at radius 1 is 1.20 bits per heavy atom. The zero-order valence-corrected chi connectivity index (χ0v) is 16.1. The number of nitriles is 1. The molecule has 0 bridgehead atoms. The molecule has 0 saturated heterocycles. The van der Waals surface area contributed by atoms with Gasteiger partial charge in [-0.25, -0.2) is 4.98 Å². The molecule has 0 atom stereocenters. The first-order chi connectivity index (χ1) is 14.5. The highest BCUT2D eigenvalue weighted by molar-refractivity contribution is 7.21. The van der Waals surface area contributed by atoms with Crippen LogP contribution in [0.2, 0.25) is 0 Å². The molecule has 30 heavy (non-hydrogen) atoms. The van der Waals surface area contributed by atoms with Crippen LogP contribution in [0.25, 0.3) is 27.1 Å². The average molecular weight is 416 g/mol. The van der Waals surface area contributed by atoms with Crippen molar-refractivity contribution in [3.8, 4) is 16.8 Å². The van der Waals surface area contributed by atoms with Gasteiger partial charge in [0.15, 0.2) is 10.8 Å². The Labute approximate surface area is 173 Å². The maximum atomic E-state index is 12.4. The summed E-state index contributed by atoms with van der Waals surface area (Å²) in [5.41, 5.74) is 0.707. The molecule has 146 valence electrons. The van der Waals surface area contributed by atoms with E-state index in [0.717, 1.165) is 10.2 Å². The van der Waals surface area contributed by atoms with Gasteiger partial charge in [-0.2, -0.15) is 5.26 Å². The van der Waals surface area contributed by atoms with Gasteiger partial charge >= 0.3 is 0 Å². The van der Waals surface area contributed by atoms with Crippen molar-refractivity contribution in [2.45, 2.75) is 0 Å². The van der Waals surface area contributed by atoms with Crippen molar-refractivity contribution in [2.24, 2.45) is 0 Å². The molecular formula is C21H12N4O4S. The molecule has 1 N–H and O–H groups in total. The number of hydrogen-bond acceptors (Lipinski definition) is 7. The molecule has 0 unspecified atom stereocenters. The molecule has 9 heteroatoms. The number of fused-ring (bicyclic) bond motifs is 1. The van der Waals surface area contributed by atoms with E-state index < -0.39 is 10.8 Å². The number of thiazole rings is 1. The van der Waals surface area contributed by atoms with Crippen LogP contribution in [0.3, 0.4) is 0 Å². The summed E-state index contributed by atoms with van der Waals surface area (Å²) in [6.45, 7) is 0. The first-order valence-corrected chi connectivity index (χ1v) is 9.48. The molecule has 2 aromatic carbocycles. The van der Waals surface area contributed by atoms with Crippen LogP contribution in [-0.4, -0.2) is 15.8 Å². The number of hydrogen-bond donors (Lipinski definition) is 1. The molecule has 4 rings (SSSR count). The zero-order chi connectivity index (χ0) is 21.1. The predicted octanol–water partition coefficient (Wildman–Crippen LogP) is 5.01. The third-order valence-corrected chi connectivity index (χ3v) is 5.15. The van der Waals surface area contributed by atoms with Gasteiger partial charge in [0.2, 0.25) is 0 Å². The van der Waals surface area contributed by atoms with Crippen molar-refractivity contribution in [2.75, 3.05) is 5.32 Å². The van der Waals surface area contributed by atoms with E-state index in [2.05, 4.69) is 10.3 Å². The molecule has 0 fully saturated rings. The van der Waals surface area contributed by atoms with Crippen molar-refractivity contribution in [1.82, 2.24) is 4.98 Å². The van der Waals surface area contributed by atoms with Gasteiger partial charge in [-0.3, -0.25) is 14.9 Å². The standard InChI is InChI=1S/C21H12N4O4S/c22-12-13(20(26)23-14-4-3-5-15(11-14)25(27)28)10-16-8-9-18(29-16)21-24-17-6-1-2-7-19(17)30-21/h1-11H,(H,23,26)/b13-10+. The van der Waals surface area contributed by atoms with Crippen molar-refractivity contribution in [3.63, 3.8) is 0 Å². The number of aromatic nitrogens is 1.